The zero-order chi connectivity index (χ0) is 24.5. The maximum absolute atomic E-state index is 13.1. The van der Waals surface area contributed by atoms with E-state index in [4.69, 9.17) is 28.4 Å². The zero-order valence-corrected chi connectivity index (χ0v) is 19.4. The summed E-state index contributed by atoms with van der Waals surface area (Å²) in [6.07, 6.45) is 1.55. The van der Waals surface area contributed by atoms with Gasteiger partial charge in [0, 0.05) is 30.8 Å². The van der Waals surface area contributed by atoms with Gasteiger partial charge in [-0.1, -0.05) is 0 Å². The van der Waals surface area contributed by atoms with Crippen LogP contribution in [0.15, 0.2) is 36.2 Å². The molecule has 2 aromatic carbocycles. The third kappa shape index (κ3) is 4.21. The minimum Gasteiger partial charge on any atom is -0.508 e. The number of hydrogen-bond acceptors (Lipinski definition) is 10. The van der Waals surface area contributed by atoms with Crippen LogP contribution in [0.1, 0.15) is 33.8 Å². The van der Waals surface area contributed by atoms with Crippen molar-refractivity contribution >= 4 is 11.8 Å². The average molecular weight is 483 g/mol. The van der Waals surface area contributed by atoms with E-state index in [2.05, 4.69) is 0 Å². The van der Waals surface area contributed by atoms with E-state index in [1.54, 1.807) is 18.3 Å². The smallest absolute Gasteiger partial charge is 0.306 e. The molecule has 1 fully saturated rings. The number of phenolic OH excluding ortho intramolecular Hbond substituents is 1. The summed E-state index contributed by atoms with van der Waals surface area (Å²) in [5, 5.41) is 10.9. The number of benzene rings is 2. The molecule has 0 bridgehead atoms. The fraction of sp³-hybridized carbons (Fsp3) is 0.360. The molecule has 0 amide bonds. The van der Waals surface area contributed by atoms with Crippen molar-refractivity contribution in [2.75, 3.05) is 47.3 Å². The van der Waals surface area contributed by atoms with Crippen molar-refractivity contribution in [3.63, 3.8) is 0 Å². The Morgan fingerprint density at radius 2 is 1.97 bits per heavy atom. The molecular weight excluding hydrogens is 458 g/mol. The summed E-state index contributed by atoms with van der Waals surface area (Å²) in [6, 6.07) is 6.38. The van der Waals surface area contributed by atoms with E-state index in [9.17, 15) is 14.7 Å². The van der Waals surface area contributed by atoms with Crippen LogP contribution in [0, 0.1) is 0 Å². The van der Waals surface area contributed by atoms with Gasteiger partial charge in [0.25, 0.3) is 0 Å². The van der Waals surface area contributed by atoms with E-state index >= 15 is 0 Å². The van der Waals surface area contributed by atoms with E-state index < -0.39 is 11.9 Å². The maximum Gasteiger partial charge on any atom is 0.306 e. The molecule has 1 N–H and O–H groups in total. The van der Waals surface area contributed by atoms with Crippen LogP contribution in [-0.4, -0.2) is 69.1 Å². The van der Waals surface area contributed by atoms with Gasteiger partial charge in [0.2, 0.25) is 18.3 Å². The summed E-state index contributed by atoms with van der Waals surface area (Å²) in [7, 11) is 2.79. The molecule has 3 heterocycles. The lowest BCUT2D eigenvalue weighted by Crippen LogP contribution is -2.32. The highest BCUT2D eigenvalue weighted by molar-refractivity contribution is 6.12. The first-order valence-corrected chi connectivity index (χ1v) is 11.2. The Bertz CT molecular complexity index is 1200. The number of rotatable bonds is 6. The molecular formula is C25H25NO9. The number of methoxy groups -OCH3 is 2. The molecule has 1 atom stereocenters. The molecule has 5 rings (SSSR count). The van der Waals surface area contributed by atoms with Gasteiger partial charge in [-0.05, 0) is 29.8 Å². The van der Waals surface area contributed by atoms with Crippen LogP contribution in [0.3, 0.4) is 0 Å². The second kappa shape index (κ2) is 9.38. The fourth-order valence-electron chi connectivity index (χ4n) is 4.45. The average Bonchev–Trinajstić information content (AvgIpc) is 3.47. The Morgan fingerprint density at radius 1 is 1.17 bits per heavy atom. The van der Waals surface area contributed by atoms with Gasteiger partial charge in [0.1, 0.15) is 11.5 Å². The van der Waals surface area contributed by atoms with Crippen molar-refractivity contribution in [3.05, 3.63) is 52.9 Å². The number of nitrogens with zero attached hydrogens (tertiary/aromatic N) is 1. The van der Waals surface area contributed by atoms with Crippen LogP contribution in [0.4, 0.5) is 0 Å². The predicted octanol–water partition coefficient (Wildman–Crippen LogP) is 2.57. The molecule has 2 aromatic rings. The van der Waals surface area contributed by atoms with Crippen molar-refractivity contribution in [1.29, 1.82) is 0 Å². The minimum atomic E-state index is -0.726. The molecule has 10 heteroatoms. The molecule has 3 aliphatic rings. The molecule has 0 unspecified atom stereocenters. The summed E-state index contributed by atoms with van der Waals surface area (Å²) < 4.78 is 32.8. The fourth-order valence-corrected chi connectivity index (χ4v) is 4.45. The van der Waals surface area contributed by atoms with E-state index in [0.29, 0.717) is 60.2 Å². The van der Waals surface area contributed by atoms with Crippen LogP contribution in [0.2, 0.25) is 0 Å². The summed E-state index contributed by atoms with van der Waals surface area (Å²) in [5.41, 5.74) is 1.20. The van der Waals surface area contributed by atoms with E-state index in [0.717, 1.165) is 0 Å². The molecule has 0 saturated carbocycles. The zero-order valence-electron chi connectivity index (χ0n) is 19.4. The maximum atomic E-state index is 13.1. The lowest BCUT2D eigenvalue weighted by Gasteiger charge is -2.25. The second-order valence-corrected chi connectivity index (χ2v) is 8.24. The topological polar surface area (TPSA) is 113 Å². The number of phenols is 1. The van der Waals surface area contributed by atoms with Crippen LogP contribution in [0.5, 0.6) is 28.7 Å². The van der Waals surface area contributed by atoms with Gasteiger partial charge in [-0.25, -0.2) is 0 Å². The first-order chi connectivity index (χ1) is 17.0. The number of ketones is 1. The summed E-state index contributed by atoms with van der Waals surface area (Å²) in [5.74, 6) is 0.0375. The number of morpholine rings is 1. The van der Waals surface area contributed by atoms with Gasteiger partial charge in [0.05, 0.1) is 39.4 Å². The van der Waals surface area contributed by atoms with Crippen LogP contribution in [0.25, 0.3) is 0 Å². The van der Waals surface area contributed by atoms with Crippen molar-refractivity contribution in [2.45, 2.75) is 12.3 Å². The standard InChI is InChI=1S/C25H25NO9/c1-30-18-9-14(10-19-25(18)34-13-33-19)16(11-21(28)31-2)22-17(27)4-3-15-23(29)20(35-24(15)22)12-26-5-7-32-8-6-26/h3-4,9-10,12,16,27H,5-8,11,13H2,1-2H3/b20-12+/t16-/m1/s1. The highest BCUT2D eigenvalue weighted by Crippen LogP contribution is 2.50. The number of carbonyl (C=O) groups excluding carboxylic acids is 2. The number of aromatic hydroxyl groups is 1. The van der Waals surface area contributed by atoms with Gasteiger partial charge in [-0.3, -0.25) is 9.59 Å². The Kier molecular flexibility index (Phi) is 6.12. The van der Waals surface area contributed by atoms with Gasteiger partial charge in [-0.2, -0.15) is 0 Å². The minimum absolute atomic E-state index is 0.0378. The lowest BCUT2D eigenvalue weighted by molar-refractivity contribution is -0.140. The van der Waals surface area contributed by atoms with Crippen LogP contribution in [-0.2, 0) is 14.3 Å². The molecule has 35 heavy (non-hydrogen) atoms. The summed E-state index contributed by atoms with van der Waals surface area (Å²) >= 11 is 0. The molecule has 3 aliphatic heterocycles. The van der Waals surface area contributed by atoms with Crippen LogP contribution < -0.4 is 18.9 Å². The monoisotopic (exact) mass is 483 g/mol. The number of Topliss-reactive ketones (excluding diaryl/α,β-unsaturated/α-hetero) is 1. The molecule has 0 spiro atoms. The van der Waals surface area contributed by atoms with Crippen molar-refractivity contribution in [3.8, 4) is 28.7 Å². The number of carbonyl (C=O) groups is 2. The lowest BCUT2D eigenvalue weighted by atomic mass is 9.85. The number of ether oxygens (including phenoxy) is 6. The molecule has 184 valence electrons. The highest BCUT2D eigenvalue weighted by Gasteiger charge is 2.36. The molecule has 0 radical (unpaired) electrons. The second-order valence-electron chi connectivity index (χ2n) is 8.24. The van der Waals surface area contributed by atoms with Crippen LogP contribution >= 0.6 is 0 Å². The number of hydrogen-bond donors (Lipinski definition) is 1. The Hall–Kier alpha value is -3.92. The predicted molar refractivity (Wildman–Crippen MR) is 121 cm³/mol. The SMILES string of the molecule is COC(=O)C[C@H](c1cc(OC)c2c(c1)OCO2)c1c(O)ccc2c1O/C(=C/N1CCOCC1)C2=O. The number of esters is 1. The van der Waals surface area contributed by atoms with Gasteiger partial charge >= 0.3 is 5.97 Å². The highest BCUT2D eigenvalue weighted by atomic mass is 16.7. The normalized spacial score (nSPS) is 18.3. The van der Waals surface area contributed by atoms with Gasteiger partial charge < -0.3 is 38.4 Å². The van der Waals surface area contributed by atoms with E-state index in [-0.39, 0.29) is 36.3 Å². The third-order valence-corrected chi connectivity index (χ3v) is 6.23. The van der Waals surface area contributed by atoms with Gasteiger partial charge in [0.15, 0.2) is 17.3 Å². The van der Waals surface area contributed by atoms with Crippen molar-refractivity contribution in [1.82, 2.24) is 4.90 Å². The first kappa shape index (κ1) is 22.9. The quantitative estimate of drug-likeness (QED) is 0.486. The molecule has 0 aromatic heterocycles. The van der Waals surface area contributed by atoms with E-state index in [1.807, 2.05) is 4.90 Å². The first-order valence-electron chi connectivity index (χ1n) is 11.2. The van der Waals surface area contributed by atoms with Gasteiger partial charge in [-0.15, -0.1) is 0 Å². The van der Waals surface area contributed by atoms with Crippen molar-refractivity contribution in [2.24, 2.45) is 0 Å². The summed E-state index contributed by atoms with van der Waals surface area (Å²) in [4.78, 5) is 27.5. The number of allylic oxidation sites excluding steroid dienone is 1. The number of fused-ring (bicyclic) bond motifs is 2. The third-order valence-electron chi connectivity index (χ3n) is 6.23. The Balaban J connectivity index is 1.60. The van der Waals surface area contributed by atoms with Crippen molar-refractivity contribution < 1.29 is 43.1 Å². The summed E-state index contributed by atoms with van der Waals surface area (Å²) in [6.45, 7) is 2.43. The Labute approximate surface area is 201 Å². The largest absolute Gasteiger partial charge is 0.508 e. The molecule has 1 saturated heterocycles. The van der Waals surface area contributed by atoms with E-state index in [1.165, 1.54) is 26.4 Å². The molecule has 10 nitrogen and oxygen atoms in total. The Morgan fingerprint density at radius 3 is 2.71 bits per heavy atom. The molecule has 0 aliphatic carbocycles.